The number of amides is 2. The Morgan fingerprint density at radius 2 is 1.81 bits per heavy atom. The predicted molar refractivity (Wildman–Crippen MR) is 118 cm³/mol. The molecule has 4 rings (SSSR count). The van der Waals surface area contributed by atoms with Crippen molar-refractivity contribution < 1.29 is 18.7 Å². The van der Waals surface area contributed by atoms with Gasteiger partial charge in [-0.05, 0) is 43.2 Å². The number of piperidine rings is 1. The summed E-state index contributed by atoms with van der Waals surface area (Å²) in [6.07, 6.45) is 1.49. The molecule has 0 unspecified atom stereocenters. The Morgan fingerprint density at radius 1 is 1.12 bits per heavy atom. The summed E-state index contributed by atoms with van der Waals surface area (Å²) in [5.41, 5.74) is 2.05. The van der Waals surface area contributed by atoms with Gasteiger partial charge in [0.05, 0.1) is 0 Å². The van der Waals surface area contributed by atoms with Crippen molar-refractivity contribution in [3.8, 4) is 5.75 Å². The van der Waals surface area contributed by atoms with Gasteiger partial charge in [-0.25, -0.2) is 4.39 Å². The molecule has 0 radical (unpaired) electrons. The number of rotatable bonds is 6. The quantitative estimate of drug-likeness (QED) is 0.640. The molecule has 0 aliphatic carbocycles. The molecule has 1 aliphatic rings. The Labute approximate surface area is 185 Å². The van der Waals surface area contributed by atoms with Gasteiger partial charge in [-0.15, -0.1) is 0 Å². The highest BCUT2D eigenvalue weighted by Gasteiger charge is 2.26. The van der Waals surface area contributed by atoms with Crippen molar-refractivity contribution in [3.63, 3.8) is 0 Å². The summed E-state index contributed by atoms with van der Waals surface area (Å²) in [7, 11) is 1.72. The zero-order chi connectivity index (χ0) is 22.5. The molecule has 2 amide bonds. The molecule has 1 N–H and O–H groups in total. The predicted octanol–water partition coefficient (Wildman–Crippen LogP) is 3.61. The van der Waals surface area contributed by atoms with E-state index in [9.17, 15) is 14.0 Å². The van der Waals surface area contributed by atoms with Crippen molar-refractivity contribution in [3.05, 3.63) is 77.9 Å². The van der Waals surface area contributed by atoms with Gasteiger partial charge in [0.25, 0.3) is 11.8 Å². The van der Waals surface area contributed by atoms with E-state index in [4.69, 9.17) is 4.74 Å². The van der Waals surface area contributed by atoms with Crippen LogP contribution >= 0.6 is 0 Å². The third-order valence-electron chi connectivity index (χ3n) is 5.74. The Balaban J connectivity index is 1.30. The van der Waals surface area contributed by atoms with Crippen LogP contribution in [-0.4, -0.2) is 53.7 Å². The summed E-state index contributed by atoms with van der Waals surface area (Å²) in [5, 5.41) is 7.20. The van der Waals surface area contributed by atoms with Crippen LogP contribution in [0.2, 0.25) is 0 Å². The lowest BCUT2D eigenvalue weighted by atomic mass is 9.93. The second-order valence-electron chi connectivity index (χ2n) is 7.78. The van der Waals surface area contributed by atoms with E-state index in [0.717, 1.165) is 24.2 Å². The first-order valence-corrected chi connectivity index (χ1v) is 10.6. The molecule has 0 saturated carbocycles. The number of H-pyrrole nitrogens is 1. The third kappa shape index (κ3) is 4.80. The van der Waals surface area contributed by atoms with E-state index < -0.39 is 5.82 Å². The molecule has 8 heteroatoms. The lowest BCUT2D eigenvalue weighted by molar-refractivity contribution is -0.134. The summed E-state index contributed by atoms with van der Waals surface area (Å²) in [4.78, 5) is 28.5. The molecule has 1 saturated heterocycles. The van der Waals surface area contributed by atoms with E-state index in [1.54, 1.807) is 35.0 Å². The minimum atomic E-state index is -0.485. The van der Waals surface area contributed by atoms with Crippen molar-refractivity contribution in [1.82, 2.24) is 15.1 Å². The highest BCUT2D eigenvalue weighted by Crippen LogP contribution is 2.28. The lowest BCUT2D eigenvalue weighted by Crippen LogP contribution is -2.40. The molecule has 0 atom stereocenters. The summed E-state index contributed by atoms with van der Waals surface area (Å²) >= 11 is 0. The van der Waals surface area contributed by atoms with Crippen LogP contribution in [0.25, 0.3) is 0 Å². The summed E-state index contributed by atoms with van der Waals surface area (Å²) < 4.78 is 19.0. The van der Waals surface area contributed by atoms with Gasteiger partial charge in [-0.2, -0.15) is 5.10 Å². The van der Waals surface area contributed by atoms with E-state index in [-0.39, 0.29) is 30.1 Å². The van der Waals surface area contributed by atoms with Crippen LogP contribution in [0.1, 0.15) is 34.9 Å². The number of likely N-dealkylation sites (tertiary alicyclic amines) is 1. The van der Waals surface area contributed by atoms with Crippen LogP contribution in [0, 0.1) is 5.82 Å². The number of halogens is 1. The smallest absolute Gasteiger partial charge is 0.278 e. The van der Waals surface area contributed by atoms with E-state index in [2.05, 4.69) is 10.2 Å². The number of aromatic amines is 1. The lowest BCUT2D eigenvalue weighted by Gasteiger charge is -2.31. The largest absolute Gasteiger partial charge is 0.481 e. The molecule has 3 aromatic rings. The third-order valence-corrected chi connectivity index (χ3v) is 5.74. The molecule has 2 heterocycles. The maximum absolute atomic E-state index is 13.6. The first kappa shape index (κ1) is 21.5. The number of ether oxygens (including phenoxy) is 1. The van der Waals surface area contributed by atoms with Gasteiger partial charge in [0, 0.05) is 37.4 Å². The second kappa shape index (κ2) is 9.64. The first-order valence-electron chi connectivity index (χ1n) is 10.6. The molecular weight excluding hydrogens is 411 g/mol. The Bertz CT molecular complexity index is 1080. The van der Waals surface area contributed by atoms with Crippen LogP contribution in [-0.2, 0) is 4.79 Å². The minimum Gasteiger partial charge on any atom is -0.481 e. The topological polar surface area (TPSA) is 78.5 Å². The molecule has 7 nitrogen and oxygen atoms in total. The Kier molecular flexibility index (Phi) is 6.49. The molecule has 32 heavy (non-hydrogen) atoms. The van der Waals surface area contributed by atoms with E-state index in [1.807, 2.05) is 30.3 Å². The Morgan fingerprint density at radius 3 is 2.53 bits per heavy atom. The van der Waals surface area contributed by atoms with Gasteiger partial charge < -0.3 is 14.5 Å². The SMILES string of the molecule is CN(C(=O)c1cc(C2CCN(C(=O)COc3ccccc3F)CC2)[nH]n1)c1ccccc1. The zero-order valence-corrected chi connectivity index (χ0v) is 17.8. The molecule has 2 aromatic carbocycles. The van der Waals surface area contributed by atoms with Crippen LogP contribution in [0.4, 0.5) is 10.1 Å². The number of nitrogens with one attached hydrogen (secondary N) is 1. The van der Waals surface area contributed by atoms with Crippen molar-refractivity contribution >= 4 is 17.5 Å². The van der Waals surface area contributed by atoms with Gasteiger partial charge in [-0.1, -0.05) is 30.3 Å². The molecule has 1 fully saturated rings. The number of anilines is 1. The normalized spacial score (nSPS) is 14.2. The highest BCUT2D eigenvalue weighted by atomic mass is 19.1. The zero-order valence-electron chi connectivity index (χ0n) is 17.8. The maximum Gasteiger partial charge on any atom is 0.278 e. The van der Waals surface area contributed by atoms with Gasteiger partial charge in [0.2, 0.25) is 0 Å². The average molecular weight is 436 g/mol. The highest BCUT2D eigenvalue weighted by molar-refractivity contribution is 6.04. The van der Waals surface area contributed by atoms with Gasteiger partial charge in [0.15, 0.2) is 23.9 Å². The van der Waals surface area contributed by atoms with Crippen molar-refractivity contribution in [2.75, 3.05) is 31.6 Å². The monoisotopic (exact) mass is 436 g/mol. The van der Waals surface area contributed by atoms with E-state index in [0.29, 0.717) is 18.8 Å². The number of nitrogens with zero attached hydrogens (tertiary/aromatic N) is 3. The number of para-hydroxylation sites is 2. The number of hydrogen-bond acceptors (Lipinski definition) is 4. The van der Waals surface area contributed by atoms with Gasteiger partial charge >= 0.3 is 0 Å². The molecule has 166 valence electrons. The van der Waals surface area contributed by atoms with Gasteiger partial charge in [-0.3, -0.25) is 14.7 Å². The number of benzene rings is 2. The molecular formula is C24H25FN4O3. The summed E-state index contributed by atoms with van der Waals surface area (Å²) in [5.74, 6) is -0.580. The number of aromatic nitrogens is 2. The second-order valence-corrected chi connectivity index (χ2v) is 7.78. The minimum absolute atomic E-state index is 0.0749. The van der Waals surface area contributed by atoms with Crippen molar-refractivity contribution in [2.45, 2.75) is 18.8 Å². The number of carbonyl (C=O) groups is 2. The number of carbonyl (C=O) groups excluding carboxylic acids is 2. The number of hydrogen-bond donors (Lipinski definition) is 1. The first-order chi connectivity index (χ1) is 15.5. The van der Waals surface area contributed by atoms with Crippen LogP contribution in [0.15, 0.2) is 60.7 Å². The molecule has 0 spiro atoms. The molecule has 1 aliphatic heterocycles. The fourth-order valence-electron chi connectivity index (χ4n) is 3.83. The van der Waals surface area contributed by atoms with E-state index in [1.165, 1.54) is 12.1 Å². The molecule has 1 aromatic heterocycles. The van der Waals surface area contributed by atoms with Crippen LogP contribution < -0.4 is 9.64 Å². The van der Waals surface area contributed by atoms with Crippen molar-refractivity contribution in [2.24, 2.45) is 0 Å². The summed E-state index contributed by atoms with van der Waals surface area (Å²) in [6.45, 7) is 0.937. The van der Waals surface area contributed by atoms with Crippen molar-refractivity contribution in [1.29, 1.82) is 0 Å². The van der Waals surface area contributed by atoms with Gasteiger partial charge in [0.1, 0.15) is 0 Å². The summed E-state index contributed by atoms with van der Waals surface area (Å²) in [6, 6.07) is 17.2. The fourth-order valence-corrected chi connectivity index (χ4v) is 3.83. The Hall–Kier alpha value is -3.68. The standard InChI is InChI=1S/C24H25FN4O3/c1-28(18-7-3-2-4-8-18)24(31)21-15-20(26-27-21)17-11-13-29(14-12-17)23(30)16-32-22-10-6-5-9-19(22)25/h2-10,15,17H,11-14,16H2,1H3,(H,26,27). The molecule has 0 bridgehead atoms. The fraction of sp³-hybridized carbons (Fsp3) is 0.292. The average Bonchev–Trinajstić information content (AvgIpc) is 3.33. The maximum atomic E-state index is 13.6. The van der Waals surface area contributed by atoms with E-state index >= 15 is 0 Å². The van der Waals surface area contributed by atoms with Crippen LogP contribution in [0.5, 0.6) is 5.75 Å². The van der Waals surface area contributed by atoms with Crippen LogP contribution in [0.3, 0.4) is 0 Å².